The van der Waals surface area contributed by atoms with Gasteiger partial charge in [-0.1, -0.05) is 35.9 Å². The first kappa shape index (κ1) is 16.9. The molecule has 6 nitrogen and oxygen atoms in total. The van der Waals surface area contributed by atoms with E-state index in [1.807, 2.05) is 0 Å². The maximum Gasteiger partial charge on any atom is 0.319 e. The number of hydrogen-bond donors (Lipinski definition) is 4. The number of carbonyl (C=O) groups is 2. The minimum Gasteiger partial charge on any atom is -0.508 e. The number of rotatable bonds is 3. The number of hydrogen-bond acceptors (Lipinski definition) is 3. The summed E-state index contributed by atoms with van der Waals surface area (Å²) in [6, 6.07) is 12.2. The second-order valence-corrected chi connectivity index (χ2v) is 6.01. The molecule has 0 radical (unpaired) electrons. The molecule has 1 heterocycles. The Hall–Kier alpha value is -2.99. The first-order valence-corrected chi connectivity index (χ1v) is 7.96. The number of anilines is 1. The van der Waals surface area contributed by atoms with Gasteiger partial charge in [0, 0.05) is 5.70 Å². The van der Waals surface area contributed by atoms with Gasteiger partial charge in [0.2, 0.25) is 0 Å². The molecule has 128 valence electrons. The number of phenols is 1. The van der Waals surface area contributed by atoms with Gasteiger partial charge < -0.3 is 21.1 Å². The lowest BCUT2D eigenvalue weighted by atomic mass is 9.94. The number of allylic oxidation sites excluding steroid dienone is 1. The molecule has 3 amide bonds. The summed E-state index contributed by atoms with van der Waals surface area (Å²) in [5.74, 6) is -0.347. The SMILES string of the molecule is CC1=C(C(=O)Nc2ccccc2Cl)[C@@H](c2cccc(O)c2)NC(=O)N1. The third kappa shape index (κ3) is 3.59. The second-order valence-electron chi connectivity index (χ2n) is 5.60. The Balaban J connectivity index is 1.97. The van der Waals surface area contributed by atoms with E-state index in [0.29, 0.717) is 27.5 Å². The zero-order valence-corrected chi connectivity index (χ0v) is 14.1. The maximum absolute atomic E-state index is 12.8. The molecule has 1 aliphatic heterocycles. The summed E-state index contributed by atoms with van der Waals surface area (Å²) in [6.45, 7) is 1.65. The van der Waals surface area contributed by atoms with Gasteiger partial charge in [-0.15, -0.1) is 0 Å². The van der Waals surface area contributed by atoms with Gasteiger partial charge in [-0.2, -0.15) is 0 Å². The molecule has 0 saturated carbocycles. The molecule has 4 N–H and O–H groups in total. The molecule has 1 aliphatic rings. The van der Waals surface area contributed by atoms with E-state index in [1.54, 1.807) is 43.3 Å². The second kappa shape index (κ2) is 6.86. The van der Waals surface area contributed by atoms with Crippen molar-refractivity contribution in [1.82, 2.24) is 10.6 Å². The number of amides is 3. The maximum atomic E-state index is 12.8. The van der Waals surface area contributed by atoms with E-state index in [2.05, 4.69) is 16.0 Å². The summed E-state index contributed by atoms with van der Waals surface area (Å²) in [5.41, 5.74) is 1.84. The van der Waals surface area contributed by atoms with Crippen molar-refractivity contribution in [3.63, 3.8) is 0 Å². The van der Waals surface area contributed by atoms with Crippen LogP contribution in [0.1, 0.15) is 18.5 Å². The minimum absolute atomic E-state index is 0.0498. The predicted octanol–water partition coefficient (Wildman–Crippen LogP) is 3.31. The van der Waals surface area contributed by atoms with Crippen molar-refractivity contribution in [1.29, 1.82) is 0 Å². The summed E-state index contributed by atoms with van der Waals surface area (Å²) < 4.78 is 0. The van der Waals surface area contributed by atoms with Crippen molar-refractivity contribution in [3.05, 3.63) is 70.4 Å². The average Bonchev–Trinajstić information content (AvgIpc) is 2.56. The van der Waals surface area contributed by atoms with Crippen LogP contribution in [0.15, 0.2) is 59.8 Å². The molecular formula is C18H16ClN3O3. The Morgan fingerprint density at radius 2 is 1.96 bits per heavy atom. The fourth-order valence-corrected chi connectivity index (χ4v) is 2.88. The lowest BCUT2D eigenvalue weighted by Crippen LogP contribution is -2.45. The van der Waals surface area contributed by atoms with Crippen molar-refractivity contribution < 1.29 is 14.7 Å². The van der Waals surface area contributed by atoms with Crippen LogP contribution in [0.4, 0.5) is 10.5 Å². The third-order valence-electron chi connectivity index (χ3n) is 3.84. The molecule has 0 unspecified atom stereocenters. The van der Waals surface area contributed by atoms with Crippen molar-refractivity contribution in [2.75, 3.05) is 5.32 Å². The Morgan fingerprint density at radius 3 is 2.68 bits per heavy atom. The highest BCUT2D eigenvalue weighted by Gasteiger charge is 2.31. The first-order valence-electron chi connectivity index (χ1n) is 7.59. The molecule has 0 aliphatic carbocycles. The Kier molecular flexibility index (Phi) is 4.63. The highest BCUT2D eigenvalue weighted by Crippen LogP contribution is 2.30. The normalized spacial score (nSPS) is 16.9. The van der Waals surface area contributed by atoms with Gasteiger partial charge in [-0.05, 0) is 36.8 Å². The van der Waals surface area contributed by atoms with Gasteiger partial charge in [-0.3, -0.25) is 4.79 Å². The van der Waals surface area contributed by atoms with E-state index in [0.717, 1.165) is 0 Å². The van der Waals surface area contributed by atoms with Crippen molar-refractivity contribution >= 4 is 29.2 Å². The van der Waals surface area contributed by atoms with Crippen LogP contribution in [0.5, 0.6) is 5.75 Å². The molecule has 0 saturated heterocycles. The molecule has 25 heavy (non-hydrogen) atoms. The highest BCUT2D eigenvalue weighted by molar-refractivity contribution is 6.33. The topological polar surface area (TPSA) is 90.5 Å². The molecule has 0 aromatic heterocycles. The Bertz CT molecular complexity index is 879. The van der Waals surface area contributed by atoms with Crippen molar-refractivity contribution in [2.45, 2.75) is 13.0 Å². The monoisotopic (exact) mass is 357 g/mol. The quantitative estimate of drug-likeness (QED) is 0.679. The van der Waals surface area contributed by atoms with E-state index in [1.165, 1.54) is 12.1 Å². The van der Waals surface area contributed by atoms with Gasteiger partial charge in [0.1, 0.15) is 5.75 Å². The largest absolute Gasteiger partial charge is 0.508 e. The highest BCUT2D eigenvalue weighted by atomic mass is 35.5. The number of para-hydroxylation sites is 1. The van der Waals surface area contributed by atoms with E-state index < -0.39 is 18.0 Å². The van der Waals surface area contributed by atoms with Crippen LogP contribution in [0.2, 0.25) is 5.02 Å². The van der Waals surface area contributed by atoms with Crippen LogP contribution >= 0.6 is 11.6 Å². The zero-order chi connectivity index (χ0) is 18.0. The molecular weight excluding hydrogens is 342 g/mol. The third-order valence-corrected chi connectivity index (χ3v) is 4.17. The lowest BCUT2D eigenvalue weighted by Gasteiger charge is -2.28. The molecule has 0 bridgehead atoms. The number of benzene rings is 2. The van der Waals surface area contributed by atoms with Gasteiger partial charge in [0.05, 0.1) is 22.3 Å². The van der Waals surface area contributed by atoms with Crippen LogP contribution in [0.3, 0.4) is 0 Å². The van der Waals surface area contributed by atoms with Crippen molar-refractivity contribution in [2.24, 2.45) is 0 Å². The number of carbonyl (C=O) groups excluding carboxylic acids is 2. The average molecular weight is 358 g/mol. The van der Waals surface area contributed by atoms with E-state index in [4.69, 9.17) is 11.6 Å². The molecule has 0 spiro atoms. The molecule has 0 fully saturated rings. The standard InChI is InChI=1S/C18H16ClN3O3/c1-10-15(17(24)21-14-8-3-2-7-13(14)19)16(22-18(25)20-10)11-5-4-6-12(23)9-11/h2-9,16,23H,1H3,(H,21,24)(H2,20,22,25)/t16-/m1/s1. The molecule has 3 rings (SSSR count). The van der Waals surface area contributed by atoms with Gasteiger partial charge >= 0.3 is 6.03 Å². The lowest BCUT2D eigenvalue weighted by molar-refractivity contribution is -0.113. The van der Waals surface area contributed by atoms with Gasteiger partial charge in [0.15, 0.2) is 0 Å². The fourth-order valence-electron chi connectivity index (χ4n) is 2.70. The smallest absolute Gasteiger partial charge is 0.319 e. The van der Waals surface area contributed by atoms with Gasteiger partial charge in [-0.25, -0.2) is 4.79 Å². The van der Waals surface area contributed by atoms with Crippen LogP contribution < -0.4 is 16.0 Å². The number of halogens is 1. The predicted molar refractivity (Wildman–Crippen MR) is 95.3 cm³/mol. The number of urea groups is 1. The van der Waals surface area contributed by atoms with E-state index in [9.17, 15) is 14.7 Å². The fraction of sp³-hybridized carbons (Fsp3) is 0.111. The van der Waals surface area contributed by atoms with Crippen molar-refractivity contribution in [3.8, 4) is 5.75 Å². The van der Waals surface area contributed by atoms with Crippen LogP contribution in [0, 0.1) is 0 Å². The summed E-state index contributed by atoms with van der Waals surface area (Å²) in [4.78, 5) is 24.7. The van der Waals surface area contributed by atoms with Crippen LogP contribution in [-0.2, 0) is 4.79 Å². The van der Waals surface area contributed by atoms with E-state index in [-0.39, 0.29) is 5.75 Å². The minimum atomic E-state index is -0.691. The summed E-state index contributed by atoms with van der Waals surface area (Å²) in [7, 11) is 0. The van der Waals surface area contributed by atoms with Crippen LogP contribution in [-0.4, -0.2) is 17.0 Å². The number of aromatic hydroxyl groups is 1. The summed E-state index contributed by atoms with van der Waals surface area (Å²) in [5, 5.41) is 18.2. The molecule has 2 aromatic carbocycles. The Labute approximate surface area is 149 Å². The zero-order valence-electron chi connectivity index (χ0n) is 13.3. The number of phenolic OH excluding ortho intramolecular Hbond substituents is 1. The van der Waals surface area contributed by atoms with E-state index >= 15 is 0 Å². The number of nitrogens with one attached hydrogen (secondary N) is 3. The van der Waals surface area contributed by atoms with Crippen LogP contribution in [0.25, 0.3) is 0 Å². The first-order chi connectivity index (χ1) is 12.0. The molecule has 7 heteroatoms. The summed E-state index contributed by atoms with van der Waals surface area (Å²) in [6.07, 6.45) is 0. The van der Waals surface area contributed by atoms with Gasteiger partial charge in [0.25, 0.3) is 5.91 Å². The Morgan fingerprint density at radius 1 is 1.20 bits per heavy atom. The molecule has 1 atom stereocenters. The molecule has 2 aromatic rings. The summed E-state index contributed by atoms with van der Waals surface area (Å²) >= 11 is 6.09.